The standard InChI is InChI=1S/C16H27N3/c1-13-4-6-15(7-5-13)11-19-10-14(2)9-18(3)16(8-17)12-19/h4-7,14,16H,8-12,17H2,1-3H3. The average molecular weight is 261 g/mol. The smallest absolute Gasteiger partial charge is 0.0342 e. The van der Waals surface area contributed by atoms with Gasteiger partial charge in [0.2, 0.25) is 0 Å². The van der Waals surface area contributed by atoms with Crippen LogP contribution in [0.4, 0.5) is 0 Å². The summed E-state index contributed by atoms with van der Waals surface area (Å²) < 4.78 is 0. The van der Waals surface area contributed by atoms with Crippen LogP contribution in [0.2, 0.25) is 0 Å². The summed E-state index contributed by atoms with van der Waals surface area (Å²) in [6.07, 6.45) is 0. The monoisotopic (exact) mass is 261 g/mol. The molecule has 0 bridgehead atoms. The maximum absolute atomic E-state index is 5.92. The first-order valence-corrected chi connectivity index (χ1v) is 7.26. The molecule has 0 aliphatic carbocycles. The molecule has 1 heterocycles. The van der Waals surface area contributed by atoms with E-state index in [-0.39, 0.29) is 0 Å². The normalized spacial score (nSPS) is 26.3. The second-order valence-electron chi connectivity index (χ2n) is 6.11. The molecule has 2 atom stereocenters. The van der Waals surface area contributed by atoms with Crippen LogP contribution in [0.3, 0.4) is 0 Å². The zero-order chi connectivity index (χ0) is 13.8. The number of nitrogens with two attached hydrogens (primary N) is 1. The first kappa shape index (κ1) is 14.5. The molecule has 0 amide bonds. The van der Waals surface area contributed by atoms with Crippen molar-refractivity contribution in [2.45, 2.75) is 26.4 Å². The summed E-state index contributed by atoms with van der Waals surface area (Å²) in [6.45, 7) is 9.63. The van der Waals surface area contributed by atoms with Crippen LogP contribution in [0, 0.1) is 12.8 Å². The summed E-state index contributed by atoms with van der Waals surface area (Å²) in [5.41, 5.74) is 8.64. The van der Waals surface area contributed by atoms with Gasteiger partial charge in [0.05, 0.1) is 0 Å². The fourth-order valence-electron chi connectivity index (χ4n) is 2.99. The molecule has 0 spiro atoms. The molecule has 0 radical (unpaired) electrons. The SMILES string of the molecule is Cc1ccc(CN2CC(C)CN(C)C(CN)C2)cc1. The molecule has 19 heavy (non-hydrogen) atoms. The Hall–Kier alpha value is -0.900. The van der Waals surface area contributed by atoms with Gasteiger partial charge in [-0.2, -0.15) is 0 Å². The second kappa shape index (κ2) is 6.51. The van der Waals surface area contributed by atoms with Crippen LogP contribution in [-0.2, 0) is 6.54 Å². The van der Waals surface area contributed by atoms with Crippen molar-refractivity contribution in [3.8, 4) is 0 Å². The van der Waals surface area contributed by atoms with Gasteiger partial charge in [0.15, 0.2) is 0 Å². The van der Waals surface area contributed by atoms with Gasteiger partial charge in [-0.25, -0.2) is 0 Å². The van der Waals surface area contributed by atoms with Crippen molar-refractivity contribution in [3.63, 3.8) is 0 Å². The van der Waals surface area contributed by atoms with Gasteiger partial charge < -0.3 is 10.6 Å². The van der Waals surface area contributed by atoms with Crippen molar-refractivity contribution in [1.29, 1.82) is 0 Å². The molecule has 1 aromatic rings. The second-order valence-corrected chi connectivity index (χ2v) is 6.11. The lowest BCUT2D eigenvalue weighted by molar-refractivity contribution is 0.207. The fourth-order valence-corrected chi connectivity index (χ4v) is 2.99. The number of rotatable bonds is 3. The molecule has 2 unspecified atom stereocenters. The molecule has 2 N–H and O–H groups in total. The highest BCUT2D eigenvalue weighted by molar-refractivity contribution is 5.21. The lowest BCUT2D eigenvalue weighted by atomic mass is 10.1. The Morgan fingerprint density at radius 1 is 1.16 bits per heavy atom. The largest absolute Gasteiger partial charge is 0.329 e. The number of likely N-dealkylation sites (N-methyl/N-ethyl adjacent to an activating group) is 1. The molecule has 1 aromatic carbocycles. The van der Waals surface area contributed by atoms with Gasteiger partial charge in [0.25, 0.3) is 0 Å². The van der Waals surface area contributed by atoms with E-state index in [1.165, 1.54) is 11.1 Å². The Bertz CT molecular complexity index is 387. The van der Waals surface area contributed by atoms with Crippen LogP contribution in [0.25, 0.3) is 0 Å². The molecule has 1 aliphatic heterocycles. The molecular weight excluding hydrogens is 234 g/mol. The molecule has 1 saturated heterocycles. The molecule has 3 heteroatoms. The van der Waals surface area contributed by atoms with Crippen molar-refractivity contribution in [1.82, 2.24) is 9.80 Å². The first-order valence-electron chi connectivity index (χ1n) is 7.26. The van der Waals surface area contributed by atoms with Crippen LogP contribution < -0.4 is 5.73 Å². The number of hydrogen-bond donors (Lipinski definition) is 1. The minimum absolute atomic E-state index is 0.482. The Kier molecular flexibility index (Phi) is 4.97. The summed E-state index contributed by atoms with van der Waals surface area (Å²) in [5, 5.41) is 0. The third-order valence-electron chi connectivity index (χ3n) is 4.06. The molecule has 1 fully saturated rings. The van der Waals surface area contributed by atoms with Crippen LogP contribution in [0.1, 0.15) is 18.1 Å². The topological polar surface area (TPSA) is 32.5 Å². The Morgan fingerprint density at radius 3 is 2.47 bits per heavy atom. The predicted octanol–water partition coefficient (Wildman–Crippen LogP) is 1.71. The van der Waals surface area contributed by atoms with Crippen molar-refractivity contribution in [2.24, 2.45) is 11.7 Å². The first-order chi connectivity index (χ1) is 9.08. The summed E-state index contributed by atoms with van der Waals surface area (Å²) >= 11 is 0. The highest BCUT2D eigenvalue weighted by Gasteiger charge is 2.24. The molecule has 3 nitrogen and oxygen atoms in total. The summed E-state index contributed by atoms with van der Waals surface area (Å²) in [4.78, 5) is 4.97. The number of aryl methyl sites for hydroxylation is 1. The van der Waals surface area contributed by atoms with Crippen LogP contribution in [-0.4, -0.2) is 49.1 Å². The number of benzene rings is 1. The Morgan fingerprint density at radius 2 is 1.84 bits per heavy atom. The van der Waals surface area contributed by atoms with Crippen molar-refractivity contribution < 1.29 is 0 Å². The van der Waals surface area contributed by atoms with Crippen LogP contribution >= 0.6 is 0 Å². The van der Waals surface area contributed by atoms with Crippen LogP contribution in [0.15, 0.2) is 24.3 Å². The van der Waals surface area contributed by atoms with Gasteiger partial charge in [-0.15, -0.1) is 0 Å². The van der Waals surface area contributed by atoms with E-state index in [2.05, 4.69) is 55.0 Å². The van der Waals surface area contributed by atoms with E-state index in [9.17, 15) is 0 Å². The molecule has 0 aromatic heterocycles. The van der Waals surface area contributed by atoms with Crippen molar-refractivity contribution in [2.75, 3.05) is 33.2 Å². The molecule has 2 rings (SSSR count). The number of nitrogens with zero attached hydrogens (tertiary/aromatic N) is 2. The van der Waals surface area contributed by atoms with Crippen molar-refractivity contribution in [3.05, 3.63) is 35.4 Å². The summed E-state index contributed by atoms with van der Waals surface area (Å²) in [7, 11) is 2.20. The van der Waals surface area contributed by atoms with E-state index in [0.717, 1.165) is 32.7 Å². The van der Waals surface area contributed by atoms with E-state index in [4.69, 9.17) is 5.73 Å². The molecule has 0 saturated carbocycles. The maximum atomic E-state index is 5.92. The van der Waals surface area contributed by atoms with Gasteiger partial charge in [-0.1, -0.05) is 36.8 Å². The van der Waals surface area contributed by atoms with E-state index in [1.54, 1.807) is 0 Å². The Labute approximate surface area is 117 Å². The minimum atomic E-state index is 0.482. The zero-order valence-electron chi connectivity index (χ0n) is 12.5. The van der Waals surface area contributed by atoms with Gasteiger partial charge in [-0.05, 0) is 25.5 Å². The summed E-state index contributed by atoms with van der Waals surface area (Å²) in [5.74, 6) is 0.701. The van der Waals surface area contributed by atoms with E-state index < -0.39 is 0 Å². The third kappa shape index (κ3) is 4.03. The van der Waals surface area contributed by atoms with E-state index in [1.807, 2.05) is 0 Å². The quantitative estimate of drug-likeness (QED) is 0.899. The predicted molar refractivity (Wildman–Crippen MR) is 81.1 cm³/mol. The zero-order valence-corrected chi connectivity index (χ0v) is 12.5. The molecular formula is C16H27N3. The average Bonchev–Trinajstić information content (AvgIpc) is 2.50. The highest BCUT2D eigenvalue weighted by Crippen LogP contribution is 2.15. The molecule has 1 aliphatic rings. The van der Waals surface area contributed by atoms with Gasteiger partial charge in [-0.3, -0.25) is 4.90 Å². The van der Waals surface area contributed by atoms with Gasteiger partial charge in [0.1, 0.15) is 0 Å². The Balaban J connectivity index is 2.03. The third-order valence-corrected chi connectivity index (χ3v) is 4.06. The van der Waals surface area contributed by atoms with Gasteiger partial charge >= 0.3 is 0 Å². The summed E-state index contributed by atoms with van der Waals surface area (Å²) in [6, 6.07) is 9.36. The fraction of sp³-hybridized carbons (Fsp3) is 0.625. The molecule has 106 valence electrons. The minimum Gasteiger partial charge on any atom is -0.329 e. The number of hydrogen-bond acceptors (Lipinski definition) is 3. The van der Waals surface area contributed by atoms with E-state index in [0.29, 0.717) is 12.0 Å². The van der Waals surface area contributed by atoms with Gasteiger partial charge in [0, 0.05) is 38.8 Å². The lowest BCUT2D eigenvalue weighted by Crippen LogP contribution is -2.43. The highest BCUT2D eigenvalue weighted by atomic mass is 15.2. The van der Waals surface area contributed by atoms with Crippen molar-refractivity contribution >= 4 is 0 Å². The lowest BCUT2D eigenvalue weighted by Gasteiger charge is -2.27. The van der Waals surface area contributed by atoms with Crippen LogP contribution in [0.5, 0.6) is 0 Å². The van der Waals surface area contributed by atoms with E-state index >= 15 is 0 Å². The maximum Gasteiger partial charge on any atom is 0.0342 e.